The number of H-pyrrole nitrogens is 1. The molecule has 1 saturated heterocycles. The third-order valence-corrected chi connectivity index (χ3v) is 5.83. The molecule has 26 heavy (non-hydrogen) atoms. The first kappa shape index (κ1) is 17.2. The third-order valence-electron chi connectivity index (χ3n) is 5.83. The summed E-state index contributed by atoms with van der Waals surface area (Å²) in [6.45, 7) is 1.33. The van der Waals surface area contributed by atoms with Crippen molar-refractivity contribution in [1.29, 1.82) is 0 Å². The minimum absolute atomic E-state index is 0.0347. The molecule has 1 amide bonds. The van der Waals surface area contributed by atoms with Crippen molar-refractivity contribution in [3.8, 4) is 11.1 Å². The zero-order valence-electron chi connectivity index (χ0n) is 14.7. The number of halogens is 1. The van der Waals surface area contributed by atoms with E-state index in [2.05, 4.69) is 10.2 Å². The number of piperidine rings is 1. The zero-order valence-corrected chi connectivity index (χ0v) is 14.7. The number of nitrogens with one attached hydrogen (secondary N) is 1. The van der Waals surface area contributed by atoms with Crippen molar-refractivity contribution < 1.29 is 14.3 Å². The molecule has 2 aliphatic rings. The molecule has 6 heteroatoms. The number of aliphatic hydroxyl groups excluding tert-OH is 1. The van der Waals surface area contributed by atoms with E-state index in [9.17, 15) is 14.3 Å². The second-order valence-electron chi connectivity index (χ2n) is 7.49. The highest BCUT2D eigenvalue weighted by molar-refractivity contribution is 5.79. The summed E-state index contributed by atoms with van der Waals surface area (Å²) in [5.41, 5.74) is 2.42. The van der Waals surface area contributed by atoms with Crippen LogP contribution in [0.1, 0.15) is 43.6 Å². The number of aromatic nitrogens is 2. The van der Waals surface area contributed by atoms with E-state index in [0.29, 0.717) is 19.5 Å². The highest BCUT2D eigenvalue weighted by Gasteiger charge is 2.33. The average molecular weight is 357 g/mol. The lowest BCUT2D eigenvalue weighted by Crippen LogP contribution is -2.41. The van der Waals surface area contributed by atoms with E-state index in [0.717, 1.165) is 42.4 Å². The molecule has 1 aliphatic heterocycles. The predicted octanol–water partition coefficient (Wildman–Crippen LogP) is 3.08. The van der Waals surface area contributed by atoms with Crippen molar-refractivity contribution in [2.75, 3.05) is 13.1 Å². The number of amides is 1. The highest BCUT2D eigenvalue weighted by atomic mass is 19.1. The first-order valence-corrected chi connectivity index (χ1v) is 9.37. The fourth-order valence-corrected chi connectivity index (χ4v) is 4.30. The van der Waals surface area contributed by atoms with Gasteiger partial charge in [0.05, 0.1) is 12.3 Å². The van der Waals surface area contributed by atoms with E-state index in [4.69, 9.17) is 0 Å². The van der Waals surface area contributed by atoms with Gasteiger partial charge in [0.25, 0.3) is 0 Å². The summed E-state index contributed by atoms with van der Waals surface area (Å²) in [5, 5.41) is 16.3. The predicted molar refractivity (Wildman–Crippen MR) is 95.9 cm³/mol. The van der Waals surface area contributed by atoms with Gasteiger partial charge in [0, 0.05) is 30.8 Å². The molecule has 2 atom stereocenters. The molecule has 1 aromatic heterocycles. The number of rotatable bonds is 3. The molecule has 5 nitrogen and oxygen atoms in total. The first-order valence-electron chi connectivity index (χ1n) is 9.37. The molecule has 0 spiro atoms. The largest absolute Gasteiger partial charge is 0.393 e. The van der Waals surface area contributed by atoms with Crippen LogP contribution in [0.15, 0.2) is 30.6 Å². The second kappa shape index (κ2) is 7.19. The Labute approximate surface area is 152 Å². The maximum absolute atomic E-state index is 14.6. The monoisotopic (exact) mass is 357 g/mol. The van der Waals surface area contributed by atoms with Crippen molar-refractivity contribution >= 4 is 5.91 Å². The maximum Gasteiger partial charge on any atom is 0.225 e. The van der Waals surface area contributed by atoms with Gasteiger partial charge in [0.15, 0.2) is 0 Å². The van der Waals surface area contributed by atoms with Crippen LogP contribution in [-0.2, 0) is 4.79 Å². The van der Waals surface area contributed by atoms with Gasteiger partial charge in [0.1, 0.15) is 5.82 Å². The molecule has 2 aromatic rings. The fourth-order valence-electron chi connectivity index (χ4n) is 4.30. The van der Waals surface area contributed by atoms with E-state index < -0.39 is 0 Å². The summed E-state index contributed by atoms with van der Waals surface area (Å²) in [7, 11) is 0. The lowest BCUT2D eigenvalue weighted by molar-refractivity contribution is -0.136. The van der Waals surface area contributed by atoms with Crippen LogP contribution in [0, 0.1) is 11.7 Å². The molecular formula is C20H24FN3O2. The second-order valence-corrected chi connectivity index (χ2v) is 7.49. The van der Waals surface area contributed by atoms with Gasteiger partial charge in [-0.1, -0.05) is 12.1 Å². The van der Waals surface area contributed by atoms with Crippen molar-refractivity contribution in [3.05, 3.63) is 42.0 Å². The first-order chi connectivity index (χ1) is 12.6. The smallest absolute Gasteiger partial charge is 0.225 e. The average Bonchev–Trinajstić information content (AvgIpc) is 3.33. The highest BCUT2D eigenvalue weighted by Crippen LogP contribution is 2.34. The Morgan fingerprint density at radius 3 is 2.62 bits per heavy atom. The van der Waals surface area contributed by atoms with Crippen LogP contribution in [-0.4, -0.2) is 45.3 Å². The Kier molecular flexibility index (Phi) is 4.76. The van der Waals surface area contributed by atoms with Gasteiger partial charge in [-0.25, -0.2) is 4.39 Å². The molecule has 0 radical (unpaired) electrons. The number of aliphatic hydroxyl groups is 1. The van der Waals surface area contributed by atoms with Gasteiger partial charge in [-0.05, 0) is 55.2 Å². The summed E-state index contributed by atoms with van der Waals surface area (Å²) in [4.78, 5) is 14.5. The van der Waals surface area contributed by atoms with Crippen molar-refractivity contribution in [2.45, 2.75) is 44.1 Å². The van der Waals surface area contributed by atoms with E-state index >= 15 is 0 Å². The molecule has 2 heterocycles. The van der Waals surface area contributed by atoms with E-state index in [1.54, 1.807) is 18.5 Å². The standard InChI is InChI=1S/C20H24FN3O2/c21-19-10-14(16-11-22-23-12-16)2-4-18(19)13-5-7-24(8-6-13)20(26)15-1-3-17(25)9-15/h2,4,10-13,15,17,25H,1,3,5-9H2,(H,22,23)/t15-,17-/m0/s1. The fraction of sp³-hybridized carbons (Fsp3) is 0.500. The summed E-state index contributed by atoms with van der Waals surface area (Å²) >= 11 is 0. The number of aromatic amines is 1. The maximum atomic E-state index is 14.6. The molecular weight excluding hydrogens is 333 g/mol. The third kappa shape index (κ3) is 3.38. The van der Waals surface area contributed by atoms with Crippen LogP contribution in [0.25, 0.3) is 11.1 Å². The van der Waals surface area contributed by atoms with Crippen LogP contribution in [0.3, 0.4) is 0 Å². The Hall–Kier alpha value is -2.21. The summed E-state index contributed by atoms with van der Waals surface area (Å²) in [6, 6.07) is 5.37. The zero-order chi connectivity index (χ0) is 18.1. The Morgan fingerprint density at radius 2 is 2.00 bits per heavy atom. The Balaban J connectivity index is 1.39. The van der Waals surface area contributed by atoms with E-state index in [1.165, 1.54) is 0 Å². The van der Waals surface area contributed by atoms with Crippen LogP contribution in [0.5, 0.6) is 0 Å². The van der Waals surface area contributed by atoms with Gasteiger partial charge >= 0.3 is 0 Å². The van der Waals surface area contributed by atoms with Crippen LogP contribution in [0.2, 0.25) is 0 Å². The molecule has 1 aromatic carbocycles. The SMILES string of the molecule is O=C([C@H]1CC[C@H](O)C1)N1CCC(c2ccc(-c3cn[nH]c3)cc2F)CC1. The molecule has 4 rings (SSSR count). The number of nitrogens with zero attached hydrogens (tertiary/aromatic N) is 2. The molecule has 0 bridgehead atoms. The molecule has 2 N–H and O–H groups in total. The van der Waals surface area contributed by atoms with Crippen LogP contribution >= 0.6 is 0 Å². The molecule has 1 aliphatic carbocycles. The van der Waals surface area contributed by atoms with Crippen LogP contribution < -0.4 is 0 Å². The van der Waals surface area contributed by atoms with E-state index in [1.807, 2.05) is 17.0 Å². The lowest BCUT2D eigenvalue weighted by atomic mass is 9.87. The van der Waals surface area contributed by atoms with Gasteiger partial charge < -0.3 is 10.0 Å². The Morgan fingerprint density at radius 1 is 1.19 bits per heavy atom. The number of hydrogen-bond acceptors (Lipinski definition) is 3. The molecule has 0 unspecified atom stereocenters. The van der Waals surface area contributed by atoms with Gasteiger partial charge in [-0.3, -0.25) is 9.89 Å². The normalized spacial score (nSPS) is 24.2. The summed E-state index contributed by atoms with van der Waals surface area (Å²) < 4.78 is 14.6. The van der Waals surface area contributed by atoms with Gasteiger partial charge in [-0.2, -0.15) is 5.10 Å². The summed E-state index contributed by atoms with van der Waals surface area (Å²) in [6.07, 6.45) is 6.75. The number of benzene rings is 1. The number of carbonyl (C=O) groups is 1. The number of carbonyl (C=O) groups excluding carboxylic acids is 1. The quantitative estimate of drug-likeness (QED) is 0.887. The minimum Gasteiger partial charge on any atom is -0.393 e. The van der Waals surface area contributed by atoms with Gasteiger partial charge in [0.2, 0.25) is 5.91 Å². The molecule has 2 fully saturated rings. The summed E-state index contributed by atoms with van der Waals surface area (Å²) in [5.74, 6) is 0.0855. The number of likely N-dealkylation sites (tertiary alicyclic amines) is 1. The van der Waals surface area contributed by atoms with Crippen molar-refractivity contribution in [1.82, 2.24) is 15.1 Å². The van der Waals surface area contributed by atoms with Crippen LogP contribution in [0.4, 0.5) is 4.39 Å². The number of hydrogen-bond donors (Lipinski definition) is 2. The molecule has 1 saturated carbocycles. The van der Waals surface area contributed by atoms with Crippen molar-refractivity contribution in [3.63, 3.8) is 0 Å². The Bertz CT molecular complexity index is 769. The van der Waals surface area contributed by atoms with E-state index in [-0.39, 0.29) is 29.7 Å². The lowest BCUT2D eigenvalue weighted by Gasteiger charge is -2.34. The molecule has 138 valence electrons. The topological polar surface area (TPSA) is 69.2 Å². The van der Waals surface area contributed by atoms with Crippen molar-refractivity contribution in [2.24, 2.45) is 5.92 Å². The van der Waals surface area contributed by atoms with Gasteiger partial charge in [-0.15, -0.1) is 0 Å². The minimum atomic E-state index is -0.329.